The molecule has 0 saturated heterocycles. The van der Waals surface area contributed by atoms with Crippen LogP contribution in [-0.2, 0) is 4.74 Å². The molecular formula is C11H15NO4. The van der Waals surface area contributed by atoms with Gasteiger partial charge in [0.25, 0.3) is 5.88 Å². The molecule has 0 amide bonds. The van der Waals surface area contributed by atoms with Crippen molar-refractivity contribution in [3.8, 4) is 11.6 Å². The Morgan fingerprint density at radius 2 is 2.00 bits per heavy atom. The maximum atomic E-state index is 11.2. The number of rotatable bonds is 4. The molecule has 0 aromatic carbocycles. The van der Waals surface area contributed by atoms with E-state index in [0.29, 0.717) is 5.75 Å². The molecule has 88 valence electrons. The summed E-state index contributed by atoms with van der Waals surface area (Å²) < 4.78 is 15.1. The van der Waals surface area contributed by atoms with E-state index in [9.17, 15) is 4.79 Å². The van der Waals surface area contributed by atoms with Crippen LogP contribution in [0.3, 0.4) is 0 Å². The average molecular weight is 225 g/mol. The predicted octanol–water partition coefficient (Wildman–Crippen LogP) is 1.66. The zero-order chi connectivity index (χ0) is 12.1. The van der Waals surface area contributed by atoms with Crippen LogP contribution in [0.15, 0.2) is 12.1 Å². The first-order chi connectivity index (χ1) is 7.58. The van der Waals surface area contributed by atoms with Gasteiger partial charge in [0.2, 0.25) is 0 Å². The molecule has 0 atom stereocenters. The fraction of sp³-hybridized carbons (Fsp3) is 0.455. The number of ether oxygens (including phenoxy) is 3. The van der Waals surface area contributed by atoms with Gasteiger partial charge in [0.05, 0.1) is 20.3 Å². The van der Waals surface area contributed by atoms with E-state index >= 15 is 0 Å². The zero-order valence-electron chi connectivity index (χ0n) is 9.81. The largest absolute Gasteiger partial charge is 0.485 e. The first-order valence-electron chi connectivity index (χ1n) is 4.88. The average Bonchev–Trinajstić information content (AvgIpc) is 2.27. The van der Waals surface area contributed by atoms with Crippen molar-refractivity contribution in [1.82, 2.24) is 4.98 Å². The number of carbonyl (C=O) groups excluding carboxylic acids is 1. The van der Waals surface area contributed by atoms with Crippen molar-refractivity contribution in [2.75, 3.05) is 14.2 Å². The maximum Gasteiger partial charge on any atom is 0.356 e. The van der Waals surface area contributed by atoms with Crippen molar-refractivity contribution in [3.63, 3.8) is 0 Å². The lowest BCUT2D eigenvalue weighted by Crippen LogP contribution is -2.10. The van der Waals surface area contributed by atoms with E-state index < -0.39 is 5.97 Å². The van der Waals surface area contributed by atoms with Crippen LogP contribution in [0, 0.1) is 0 Å². The molecule has 0 bridgehead atoms. The number of esters is 1. The van der Waals surface area contributed by atoms with Gasteiger partial charge in [0.1, 0.15) is 0 Å². The standard InChI is InChI=1S/C11H15NO4/c1-7(2)16-9-6-5-8(11(13)15-4)12-10(9)14-3/h5-7H,1-4H3. The van der Waals surface area contributed by atoms with Crippen LogP contribution >= 0.6 is 0 Å². The number of nitrogens with zero attached hydrogens (tertiary/aromatic N) is 1. The first kappa shape index (κ1) is 12.3. The smallest absolute Gasteiger partial charge is 0.356 e. The highest BCUT2D eigenvalue weighted by Gasteiger charge is 2.13. The topological polar surface area (TPSA) is 57.7 Å². The Kier molecular flexibility index (Phi) is 4.10. The molecule has 0 fully saturated rings. The minimum Gasteiger partial charge on any atom is -0.485 e. The van der Waals surface area contributed by atoms with E-state index in [1.807, 2.05) is 13.8 Å². The van der Waals surface area contributed by atoms with Gasteiger partial charge in [-0.05, 0) is 26.0 Å². The molecule has 0 saturated carbocycles. The van der Waals surface area contributed by atoms with Crippen LogP contribution in [-0.4, -0.2) is 31.3 Å². The van der Waals surface area contributed by atoms with Gasteiger partial charge in [-0.15, -0.1) is 0 Å². The van der Waals surface area contributed by atoms with Crippen molar-refractivity contribution >= 4 is 5.97 Å². The third-order valence-electron chi connectivity index (χ3n) is 1.78. The van der Waals surface area contributed by atoms with E-state index in [1.165, 1.54) is 20.3 Å². The summed E-state index contributed by atoms with van der Waals surface area (Å²) in [7, 11) is 2.77. The molecule has 5 nitrogen and oxygen atoms in total. The summed E-state index contributed by atoms with van der Waals surface area (Å²) in [6, 6.07) is 3.17. The Balaban J connectivity index is 3.01. The van der Waals surface area contributed by atoms with Crippen molar-refractivity contribution < 1.29 is 19.0 Å². The second-order valence-corrected chi connectivity index (χ2v) is 3.36. The Morgan fingerprint density at radius 3 is 2.50 bits per heavy atom. The zero-order valence-corrected chi connectivity index (χ0v) is 9.81. The van der Waals surface area contributed by atoms with Crippen LogP contribution in [0.4, 0.5) is 0 Å². The predicted molar refractivity (Wildman–Crippen MR) is 57.9 cm³/mol. The van der Waals surface area contributed by atoms with E-state index in [0.717, 1.165) is 0 Å². The van der Waals surface area contributed by atoms with Crippen LogP contribution in [0.25, 0.3) is 0 Å². The Hall–Kier alpha value is -1.78. The molecule has 1 aromatic rings. The van der Waals surface area contributed by atoms with Crippen molar-refractivity contribution in [1.29, 1.82) is 0 Å². The second kappa shape index (κ2) is 5.34. The summed E-state index contributed by atoms with van der Waals surface area (Å²) in [5, 5.41) is 0. The molecule has 5 heteroatoms. The van der Waals surface area contributed by atoms with Crippen molar-refractivity contribution in [3.05, 3.63) is 17.8 Å². The fourth-order valence-electron chi connectivity index (χ4n) is 1.14. The molecule has 1 heterocycles. The Morgan fingerprint density at radius 1 is 1.31 bits per heavy atom. The molecule has 0 N–H and O–H groups in total. The SMILES string of the molecule is COC(=O)c1ccc(OC(C)C)c(OC)n1. The maximum absolute atomic E-state index is 11.2. The summed E-state index contributed by atoms with van der Waals surface area (Å²) in [6.07, 6.45) is 0.0136. The molecule has 1 aromatic heterocycles. The van der Waals surface area contributed by atoms with Gasteiger partial charge in [-0.3, -0.25) is 0 Å². The highest BCUT2D eigenvalue weighted by Crippen LogP contribution is 2.25. The van der Waals surface area contributed by atoms with Gasteiger partial charge in [-0.1, -0.05) is 0 Å². The highest BCUT2D eigenvalue weighted by molar-refractivity contribution is 5.87. The van der Waals surface area contributed by atoms with Gasteiger partial charge in [0.15, 0.2) is 11.4 Å². The van der Waals surface area contributed by atoms with Gasteiger partial charge in [-0.25, -0.2) is 9.78 Å². The summed E-state index contributed by atoms with van der Waals surface area (Å²) >= 11 is 0. The molecular weight excluding hydrogens is 210 g/mol. The van der Waals surface area contributed by atoms with Crippen LogP contribution < -0.4 is 9.47 Å². The Labute approximate surface area is 94.3 Å². The second-order valence-electron chi connectivity index (χ2n) is 3.36. The third kappa shape index (κ3) is 2.85. The normalized spacial score (nSPS) is 10.1. The van der Waals surface area contributed by atoms with Gasteiger partial charge >= 0.3 is 5.97 Å². The van der Waals surface area contributed by atoms with E-state index in [-0.39, 0.29) is 17.7 Å². The Bertz CT molecular complexity index is 376. The summed E-state index contributed by atoms with van der Waals surface area (Å²) in [6.45, 7) is 3.79. The number of pyridine rings is 1. The van der Waals surface area contributed by atoms with Gasteiger partial charge < -0.3 is 14.2 Å². The molecule has 0 unspecified atom stereocenters. The third-order valence-corrected chi connectivity index (χ3v) is 1.78. The molecule has 16 heavy (non-hydrogen) atoms. The van der Waals surface area contributed by atoms with Gasteiger partial charge in [-0.2, -0.15) is 0 Å². The summed E-state index contributed by atoms with van der Waals surface area (Å²) in [5.74, 6) is 0.274. The lowest BCUT2D eigenvalue weighted by molar-refractivity contribution is 0.0593. The summed E-state index contributed by atoms with van der Waals surface area (Å²) in [4.78, 5) is 15.2. The fourth-order valence-corrected chi connectivity index (χ4v) is 1.14. The number of methoxy groups -OCH3 is 2. The molecule has 1 rings (SSSR count). The van der Waals surface area contributed by atoms with Crippen LogP contribution in [0.5, 0.6) is 11.6 Å². The molecule has 0 aliphatic heterocycles. The minimum absolute atomic E-state index is 0.0136. The first-order valence-corrected chi connectivity index (χ1v) is 4.88. The lowest BCUT2D eigenvalue weighted by Gasteiger charge is -2.12. The molecule has 0 radical (unpaired) electrons. The number of hydrogen-bond acceptors (Lipinski definition) is 5. The van der Waals surface area contributed by atoms with Crippen molar-refractivity contribution in [2.45, 2.75) is 20.0 Å². The monoisotopic (exact) mass is 225 g/mol. The van der Waals surface area contributed by atoms with E-state index in [2.05, 4.69) is 9.72 Å². The molecule has 0 aliphatic carbocycles. The van der Waals surface area contributed by atoms with E-state index in [1.54, 1.807) is 6.07 Å². The molecule has 0 spiro atoms. The summed E-state index contributed by atoms with van der Waals surface area (Å²) in [5.41, 5.74) is 0.190. The van der Waals surface area contributed by atoms with Crippen LogP contribution in [0.1, 0.15) is 24.3 Å². The minimum atomic E-state index is -0.505. The lowest BCUT2D eigenvalue weighted by atomic mass is 10.3. The number of carbonyl (C=O) groups is 1. The quantitative estimate of drug-likeness (QED) is 0.729. The highest BCUT2D eigenvalue weighted by atomic mass is 16.5. The van der Waals surface area contributed by atoms with Crippen LogP contribution in [0.2, 0.25) is 0 Å². The van der Waals surface area contributed by atoms with E-state index in [4.69, 9.17) is 9.47 Å². The number of hydrogen-bond donors (Lipinski definition) is 0. The molecule has 0 aliphatic rings. The van der Waals surface area contributed by atoms with Crippen molar-refractivity contribution in [2.24, 2.45) is 0 Å². The number of aromatic nitrogens is 1. The van der Waals surface area contributed by atoms with Gasteiger partial charge in [0, 0.05) is 0 Å².